The molecule has 1 aromatic carbocycles. The van der Waals surface area contributed by atoms with Gasteiger partial charge in [-0.2, -0.15) is 5.48 Å². The first-order chi connectivity index (χ1) is 36.3. The molecular formula is C47H90N12O19. The molecule has 0 aromatic heterocycles. The second kappa shape index (κ2) is 50.0. The van der Waals surface area contributed by atoms with Crippen molar-refractivity contribution in [3.05, 3.63) is 35.9 Å². The van der Waals surface area contributed by atoms with Crippen molar-refractivity contribution in [1.82, 2.24) is 16.1 Å². The van der Waals surface area contributed by atoms with E-state index in [1.165, 1.54) is 0 Å². The van der Waals surface area contributed by atoms with Gasteiger partial charge in [0.1, 0.15) is 54.9 Å². The number of nitrogens with two attached hydrogens (primary N) is 9. The van der Waals surface area contributed by atoms with E-state index in [9.17, 15) is 47.9 Å². The lowest BCUT2D eigenvalue weighted by atomic mass is 10.0. The van der Waals surface area contributed by atoms with Crippen LogP contribution in [0.25, 0.3) is 0 Å². The number of carbonyl (C=O) groups is 10. The number of ether oxygens (including phenoxy) is 1. The van der Waals surface area contributed by atoms with E-state index in [2.05, 4.69) is 10.6 Å². The average molecular weight is 1130 g/mol. The number of unbranched alkanes of at least 4 members (excludes halogenated alkanes) is 2. The van der Waals surface area contributed by atoms with Crippen LogP contribution in [0.1, 0.15) is 104 Å². The Morgan fingerprint density at radius 1 is 0.679 bits per heavy atom. The van der Waals surface area contributed by atoms with Crippen LogP contribution in [0.15, 0.2) is 30.3 Å². The van der Waals surface area contributed by atoms with Crippen molar-refractivity contribution in [3.63, 3.8) is 0 Å². The lowest BCUT2D eigenvalue weighted by Crippen LogP contribution is -2.43. The minimum Gasteiger partial charge on any atom is -0.480 e. The lowest BCUT2D eigenvalue weighted by Gasteiger charge is -2.19. The van der Waals surface area contributed by atoms with E-state index in [0.717, 1.165) is 31.2 Å². The van der Waals surface area contributed by atoms with Gasteiger partial charge in [-0.3, -0.25) is 47.9 Å². The molecule has 0 spiro atoms. The van der Waals surface area contributed by atoms with E-state index < -0.39 is 108 Å². The number of carboxylic acids is 7. The number of carboxylic acid groups (broad SMARTS) is 7. The third-order valence-electron chi connectivity index (χ3n) is 10.2. The van der Waals surface area contributed by atoms with Crippen molar-refractivity contribution in [1.29, 1.82) is 0 Å². The van der Waals surface area contributed by atoms with Crippen molar-refractivity contribution in [2.45, 2.75) is 153 Å². The van der Waals surface area contributed by atoms with Crippen molar-refractivity contribution < 1.29 is 93.6 Å². The van der Waals surface area contributed by atoms with Gasteiger partial charge in [0.25, 0.3) is 0 Å². The van der Waals surface area contributed by atoms with Crippen LogP contribution < -0.4 is 67.7 Å². The summed E-state index contributed by atoms with van der Waals surface area (Å²) < 4.78 is 5.14. The molecule has 31 heteroatoms. The van der Waals surface area contributed by atoms with E-state index >= 15 is 0 Å². The maximum absolute atomic E-state index is 11.7. The highest BCUT2D eigenvalue weighted by Gasteiger charge is 2.36. The van der Waals surface area contributed by atoms with Gasteiger partial charge >= 0.3 is 47.8 Å². The fourth-order valence-corrected chi connectivity index (χ4v) is 5.38. The third-order valence-corrected chi connectivity index (χ3v) is 10.2. The summed E-state index contributed by atoms with van der Waals surface area (Å²) >= 11 is 0. The van der Waals surface area contributed by atoms with Crippen LogP contribution in [-0.2, 0) is 59.1 Å². The van der Waals surface area contributed by atoms with Gasteiger partial charge in [0.2, 0.25) is 11.8 Å². The molecular weight excluding hydrogens is 1040 g/mol. The quantitative estimate of drug-likeness (QED) is 0.0212. The fraction of sp³-hybridized carbons (Fsp3) is 0.660. The molecule has 31 nitrogen and oxygen atoms in total. The molecule has 0 bridgehead atoms. The number of amides is 2. The number of carbonyl (C=O) groups excluding carboxylic acids is 3. The molecule has 2 amide bonds. The van der Waals surface area contributed by atoms with Crippen LogP contribution in [0, 0.1) is 11.8 Å². The molecule has 1 saturated heterocycles. The van der Waals surface area contributed by atoms with Crippen LogP contribution >= 0.6 is 0 Å². The maximum Gasteiger partial charge on any atom is 0.324 e. The summed E-state index contributed by atoms with van der Waals surface area (Å²) in [4.78, 5) is 104. The van der Waals surface area contributed by atoms with E-state index in [0.29, 0.717) is 64.1 Å². The molecule has 0 radical (unpaired) electrons. The number of aliphatic carboxylic acids is 7. The summed E-state index contributed by atoms with van der Waals surface area (Å²) in [6.45, 7) is 8.76. The Hall–Kier alpha value is -6.52. The highest BCUT2D eigenvalue weighted by atomic mass is 16.5. The van der Waals surface area contributed by atoms with Crippen molar-refractivity contribution in [2.75, 3.05) is 32.7 Å². The van der Waals surface area contributed by atoms with Gasteiger partial charge in [0.15, 0.2) is 0 Å². The molecule has 1 fully saturated rings. The van der Waals surface area contributed by atoms with Gasteiger partial charge in [-0.1, -0.05) is 70.9 Å². The number of benzene rings is 1. The number of nitrogens with one attached hydrogen (secondary N) is 3. The van der Waals surface area contributed by atoms with Crippen molar-refractivity contribution in [2.24, 2.45) is 63.4 Å². The zero-order valence-electron chi connectivity index (χ0n) is 44.9. The molecule has 2 rings (SSSR count). The summed E-state index contributed by atoms with van der Waals surface area (Å²) in [5, 5.41) is 71.9. The van der Waals surface area contributed by atoms with Gasteiger partial charge in [0, 0.05) is 6.42 Å². The fourth-order valence-electron chi connectivity index (χ4n) is 5.38. The first kappa shape index (κ1) is 80.3. The van der Waals surface area contributed by atoms with Crippen molar-refractivity contribution in [3.8, 4) is 0 Å². The zero-order chi connectivity index (χ0) is 61.5. The molecule has 1 aliphatic rings. The predicted molar refractivity (Wildman–Crippen MR) is 284 cm³/mol. The minimum absolute atomic E-state index is 0.0213. The molecule has 1 heterocycles. The first-order valence-corrected chi connectivity index (χ1v) is 24.7. The van der Waals surface area contributed by atoms with Crippen LogP contribution in [0.2, 0.25) is 0 Å². The smallest absolute Gasteiger partial charge is 0.324 e. The monoisotopic (exact) mass is 1130 g/mol. The second-order valence-corrected chi connectivity index (χ2v) is 17.5. The Morgan fingerprint density at radius 3 is 1.55 bits per heavy atom. The molecule has 0 saturated carbocycles. The van der Waals surface area contributed by atoms with Gasteiger partial charge in [-0.25, -0.2) is 0 Å². The second-order valence-electron chi connectivity index (χ2n) is 17.5. The highest BCUT2D eigenvalue weighted by Crippen LogP contribution is 2.14. The molecule has 9 atom stereocenters. The lowest BCUT2D eigenvalue weighted by molar-refractivity contribution is -0.155. The molecule has 1 aliphatic heterocycles. The number of hydroxylamine groups is 1. The Bertz CT molecular complexity index is 1860. The number of hydrogen-bond donors (Lipinski definition) is 20. The van der Waals surface area contributed by atoms with Crippen LogP contribution in [0.3, 0.4) is 0 Å². The Kier molecular flexibility index (Phi) is 51.5. The van der Waals surface area contributed by atoms with Crippen LogP contribution in [-0.4, -0.2) is 182 Å². The molecule has 0 aliphatic carbocycles. The summed E-state index contributed by atoms with van der Waals surface area (Å²) in [5.41, 5.74) is 49.4. The Balaban J connectivity index is -0.000000270. The Labute approximate surface area is 453 Å². The van der Waals surface area contributed by atoms with Gasteiger partial charge < -0.3 is 108 Å². The number of primary amides is 1. The maximum atomic E-state index is 11.7. The highest BCUT2D eigenvalue weighted by molar-refractivity contribution is 5.82. The van der Waals surface area contributed by atoms with Crippen LogP contribution in [0.5, 0.6) is 0 Å². The summed E-state index contributed by atoms with van der Waals surface area (Å²) in [7, 11) is 0. The van der Waals surface area contributed by atoms with E-state index in [1.807, 2.05) is 58.0 Å². The first-order valence-electron chi connectivity index (χ1n) is 24.7. The number of hydrogen-bond acceptors (Lipinski definition) is 22. The minimum atomic E-state index is -1.11. The number of rotatable bonds is 29. The zero-order valence-corrected chi connectivity index (χ0v) is 44.9. The summed E-state index contributed by atoms with van der Waals surface area (Å²) in [6, 6.07) is 3.79. The average Bonchev–Trinajstić information content (AvgIpc) is 3.85. The Morgan fingerprint density at radius 2 is 1.19 bits per heavy atom. The molecule has 78 heavy (non-hydrogen) atoms. The molecule has 1 unspecified atom stereocenters. The molecule has 29 N–H and O–H groups in total. The van der Waals surface area contributed by atoms with Gasteiger partial charge in [0.05, 0.1) is 6.54 Å². The van der Waals surface area contributed by atoms with E-state index in [4.69, 9.17) is 97.3 Å². The molecule has 452 valence electrons. The largest absolute Gasteiger partial charge is 0.480 e. The topological polar surface area (TPSA) is 612 Å². The summed E-state index contributed by atoms with van der Waals surface area (Å²) in [6.07, 6.45) is 5.72. The third kappa shape index (κ3) is 49.1. The van der Waals surface area contributed by atoms with E-state index in [-0.39, 0.29) is 31.8 Å². The summed E-state index contributed by atoms with van der Waals surface area (Å²) in [5.74, 6) is -8.11. The van der Waals surface area contributed by atoms with Gasteiger partial charge in [-0.15, -0.1) is 0 Å². The SMILES string of the molecule is CC(C)C[C@H](N)C(=O)O.CC[C@H](C)[C@H](N)C(=O)O.NC(=O)CC[C@H](N)C(=O)O.NCC(=O)NCC(=O)O.NCCCC[C@H](N)C(=O)OC1CCN[C@@H]1C(=O)O.NCCCC[C@H](NO)C(=O)O.N[C@@H](Cc1ccccc1)C(=O)O. The van der Waals surface area contributed by atoms with E-state index in [1.54, 1.807) is 5.48 Å². The molecule has 1 aromatic rings. The predicted octanol–water partition coefficient (Wildman–Crippen LogP) is -3.31. The standard InChI is InChI=1S/C11H21N3O4.C9H11NO2.C6H14N2O3.2C6H13NO2.C5H10N2O3.C4H8N2O3/c12-5-2-1-3-7(13)11(17)18-8-4-6-14-9(8)10(15)16;10-8(9(11)12)6-7-4-2-1-3-5-7;7-4-2-1-3-5(8-11)6(9)10;1-4(2)3-5(7)6(8)9;1-3-4(2)5(7)6(8)9;6-3(5(9)10)1-2-4(7)8;5-1-3(7)6-2-4(8)9/h7-9,14H,1-6,12-13H2,(H,15,16);1-5,8H,6,10H2,(H,11,12);5,8,11H,1-4,7H2,(H,9,10);2*4-5H,3,7H2,1-2H3,(H,8,9);3H,1-2,6H2,(H2,7,8)(H,9,10);1-2,5H2,(H,6,7)(H,8,9)/t7-,8?,9-;8-;2*5-;4-,5-;3-;/m000000./s1. The normalized spacial score (nSPS) is 15.6. The van der Waals surface area contributed by atoms with Crippen molar-refractivity contribution >= 4 is 59.6 Å². The van der Waals surface area contributed by atoms with Gasteiger partial charge in [-0.05, 0) is 94.8 Å². The van der Waals surface area contributed by atoms with Crippen LogP contribution in [0.4, 0.5) is 0 Å². The number of esters is 1.